The fourth-order valence-corrected chi connectivity index (χ4v) is 3.66. The average Bonchev–Trinajstić information content (AvgIpc) is 2.52. The Bertz CT molecular complexity index is 812. The number of nitrogens with one attached hydrogen (secondary N) is 1. The van der Waals surface area contributed by atoms with Crippen molar-refractivity contribution in [3.05, 3.63) is 58.8 Å². The molecule has 1 amide bonds. The summed E-state index contributed by atoms with van der Waals surface area (Å²) in [7, 11) is -4.06. The molecule has 0 atom stereocenters. The number of hydrogen-bond donors (Lipinski definition) is 2. The lowest BCUT2D eigenvalue weighted by atomic mass is 10.3. The van der Waals surface area contributed by atoms with Gasteiger partial charge in [0, 0.05) is 4.47 Å². The molecule has 6 nitrogen and oxygen atoms in total. The highest BCUT2D eigenvalue weighted by Gasteiger charge is 2.27. The van der Waals surface area contributed by atoms with E-state index in [1.165, 1.54) is 6.07 Å². The van der Waals surface area contributed by atoms with E-state index in [0.29, 0.717) is 4.47 Å². The molecule has 0 bridgehead atoms. The van der Waals surface area contributed by atoms with Gasteiger partial charge in [0.25, 0.3) is 15.9 Å². The van der Waals surface area contributed by atoms with Crippen LogP contribution in [-0.4, -0.2) is 20.9 Å². The lowest BCUT2D eigenvalue weighted by molar-refractivity contribution is -0.119. The Morgan fingerprint density at radius 1 is 1.22 bits per heavy atom. The second-order valence-corrected chi connectivity index (χ2v) is 7.29. The monoisotopic (exact) mass is 401 g/mol. The van der Waals surface area contributed by atoms with Crippen LogP contribution < -0.4 is 15.6 Å². The van der Waals surface area contributed by atoms with Crippen molar-refractivity contribution >= 4 is 37.5 Å². The smallest absolute Gasteiger partial charge is 0.264 e. The minimum atomic E-state index is -4.06. The molecule has 9 heteroatoms. The Balaban J connectivity index is 2.51. The third kappa shape index (κ3) is 4.06. The maximum Gasteiger partial charge on any atom is 0.264 e. The zero-order valence-electron chi connectivity index (χ0n) is 11.7. The van der Waals surface area contributed by atoms with Gasteiger partial charge in [-0.25, -0.2) is 18.7 Å². The third-order valence-electron chi connectivity index (χ3n) is 2.95. The van der Waals surface area contributed by atoms with Crippen LogP contribution >= 0.6 is 15.9 Å². The number of rotatable bonds is 5. The number of nitrogens with two attached hydrogens (primary N) is 1. The minimum absolute atomic E-state index is 0.135. The second-order valence-electron chi connectivity index (χ2n) is 4.51. The summed E-state index contributed by atoms with van der Waals surface area (Å²) in [6.45, 7) is -0.507. The molecular formula is C14H13BrFN3O3S. The molecule has 0 heterocycles. The molecule has 2 rings (SSSR count). The number of halogens is 2. The molecule has 3 N–H and O–H groups in total. The zero-order valence-corrected chi connectivity index (χ0v) is 14.1. The number of anilines is 1. The van der Waals surface area contributed by atoms with Gasteiger partial charge in [-0.05, 0) is 42.5 Å². The summed E-state index contributed by atoms with van der Waals surface area (Å²) in [5.74, 6) is 3.81. The molecule has 2 aromatic carbocycles. The Hall–Kier alpha value is -1.97. The quantitative estimate of drug-likeness (QED) is 0.453. The zero-order chi connectivity index (χ0) is 17.0. The van der Waals surface area contributed by atoms with Crippen molar-refractivity contribution in [1.29, 1.82) is 0 Å². The third-order valence-corrected chi connectivity index (χ3v) is 5.23. The summed E-state index contributed by atoms with van der Waals surface area (Å²) in [5.41, 5.74) is 2.17. The topological polar surface area (TPSA) is 92.5 Å². The molecule has 23 heavy (non-hydrogen) atoms. The lowest BCUT2D eigenvalue weighted by Crippen LogP contribution is -2.43. The maximum atomic E-state index is 13.0. The SMILES string of the molecule is NNC(=O)CN(c1cccc(Br)c1)S(=O)(=O)c1ccc(F)cc1. The molecule has 122 valence electrons. The maximum absolute atomic E-state index is 13.0. The van der Waals surface area contributed by atoms with Crippen LogP contribution in [0.1, 0.15) is 0 Å². The second kappa shape index (κ2) is 7.07. The van der Waals surface area contributed by atoms with Gasteiger partial charge in [0.05, 0.1) is 10.6 Å². The number of hydrazine groups is 1. The first-order valence-corrected chi connectivity index (χ1v) is 8.61. The number of sulfonamides is 1. The molecule has 0 radical (unpaired) electrons. The highest BCUT2D eigenvalue weighted by Crippen LogP contribution is 2.26. The van der Waals surface area contributed by atoms with Gasteiger partial charge in [-0.3, -0.25) is 14.5 Å². The van der Waals surface area contributed by atoms with Gasteiger partial charge in [0.15, 0.2) is 0 Å². The van der Waals surface area contributed by atoms with Crippen molar-refractivity contribution in [2.24, 2.45) is 5.84 Å². The summed E-state index contributed by atoms with van der Waals surface area (Å²) in [6.07, 6.45) is 0. The molecule has 0 aromatic heterocycles. The Labute approximate surface area is 141 Å². The van der Waals surface area contributed by atoms with Crippen LogP contribution in [0, 0.1) is 5.82 Å². The molecule has 0 unspecified atom stereocenters. The van der Waals surface area contributed by atoms with Gasteiger partial charge in [-0.2, -0.15) is 0 Å². The predicted molar refractivity (Wildman–Crippen MR) is 87.4 cm³/mol. The number of carbonyl (C=O) groups is 1. The van der Waals surface area contributed by atoms with E-state index in [1.54, 1.807) is 18.2 Å². The van der Waals surface area contributed by atoms with Gasteiger partial charge in [-0.15, -0.1) is 0 Å². The first kappa shape index (κ1) is 17.4. The van der Waals surface area contributed by atoms with E-state index in [1.807, 2.05) is 5.43 Å². The summed E-state index contributed by atoms with van der Waals surface area (Å²) < 4.78 is 40.1. The van der Waals surface area contributed by atoms with E-state index >= 15 is 0 Å². The normalized spacial score (nSPS) is 11.1. The fraction of sp³-hybridized carbons (Fsp3) is 0.0714. The molecule has 0 saturated heterocycles. The molecule has 0 fully saturated rings. The van der Waals surface area contributed by atoms with Gasteiger partial charge < -0.3 is 0 Å². The summed E-state index contributed by atoms with van der Waals surface area (Å²) >= 11 is 3.25. The Morgan fingerprint density at radius 3 is 2.43 bits per heavy atom. The highest BCUT2D eigenvalue weighted by atomic mass is 79.9. The van der Waals surface area contributed by atoms with Crippen LogP contribution in [0.15, 0.2) is 57.9 Å². The van der Waals surface area contributed by atoms with Crippen molar-refractivity contribution < 1.29 is 17.6 Å². The molecule has 0 aliphatic carbocycles. The minimum Gasteiger partial charge on any atom is -0.293 e. The van der Waals surface area contributed by atoms with E-state index in [0.717, 1.165) is 28.6 Å². The first-order valence-electron chi connectivity index (χ1n) is 6.38. The average molecular weight is 402 g/mol. The number of hydrogen-bond acceptors (Lipinski definition) is 4. The molecule has 0 saturated carbocycles. The van der Waals surface area contributed by atoms with Crippen LogP contribution in [0.3, 0.4) is 0 Å². The van der Waals surface area contributed by atoms with Crippen LogP contribution in [0.2, 0.25) is 0 Å². The van der Waals surface area contributed by atoms with E-state index in [9.17, 15) is 17.6 Å². The lowest BCUT2D eigenvalue weighted by Gasteiger charge is -2.23. The predicted octanol–water partition coefficient (Wildman–Crippen LogP) is 1.77. The molecule has 0 spiro atoms. The van der Waals surface area contributed by atoms with Crippen LogP contribution in [-0.2, 0) is 14.8 Å². The van der Waals surface area contributed by atoms with Crippen molar-refractivity contribution in [1.82, 2.24) is 5.43 Å². The standard InChI is InChI=1S/C14H13BrFN3O3S/c15-10-2-1-3-12(8-10)19(9-14(20)18-17)23(21,22)13-6-4-11(16)5-7-13/h1-8H,9,17H2,(H,18,20). The molecule has 0 aliphatic heterocycles. The summed E-state index contributed by atoms with van der Waals surface area (Å²) in [5, 5.41) is 0. The van der Waals surface area contributed by atoms with Gasteiger partial charge >= 0.3 is 0 Å². The van der Waals surface area contributed by atoms with E-state index in [-0.39, 0.29) is 10.6 Å². The number of carbonyl (C=O) groups excluding carboxylic acids is 1. The largest absolute Gasteiger partial charge is 0.293 e. The molecule has 0 aliphatic rings. The Morgan fingerprint density at radius 2 is 1.87 bits per heavy atom. The van der Waals surface area contributed by atoms with E-state index in [4.69, 9.17) is 5.84 Å². The van der Waals surface area contributed by atoms with Crippen molar-refractivity contribution in [2.75, 3.05) is 10.8 Å². The van der Waals surface area contributed by atoms with Gasteiger partial charge in [-0.1, -0.05) is 22.0 Å². The summed E-state index contributed by atoms with van der Waals surface area (Å²) in [4.78, 5) is 11.5. The van der Waals surface area contributed by atoms with Gasteiger partial charge in [0.2, 0.25) is 0 Å². The van der Waals surface area contributed by atoms with Crippen LogP contribution in [0.25, 0.3) is 0 Å². The number of amides is 1. The van der Waals surface area contributed by atoms with Crippen molar-refractivity contribution in [3.8, 4) is 0 Å². The first-order chi connectivity index (χ1) is 10.8. The number of nitrogens with zero attached hydrogens (tertiary/aromatic N) is 1. The van der Waals surface area contributed by atoms with Gasteiger partial charge in [0.1, 0.15) is 12.4 Å². The fourth-order valence-electron chi connectivity index (χ4n) is 1.86. The van der Waals surface area contributed by atoms with E-state index in [2.05, 4.69) is 15.9 Å². The number of benzene rings is 2. The highest BCUT2D eigenvalue weighted by molar-refractivity contribution is 9.10. The van der Waals surface area contributed by atoms with Crippen molar-refractivity contribution in [3.63, 3.8) is 0 Å². The summed E-state index contributed by atoms with van der Waals surface area (Å²) in [6, 6.07) is 10.8. The van der Waals surface area contributed by atoms with Crippen LogP contribution in [0.5, 0.6) is 0 Å². The van der Waals surface area contributed by atoms with E-state index < -0.39 is 28.3 Å². The molecular weight excluding hydrogens is 389 g/mol. The van der Waals surface area contributed by atoms with Crippen LogP contribution in [0.4, 0.5) is 10.1 Å². The van der Waals surface area contributed by atoms with Crippen molar-refractivity contribution in [2.45, 2.75) is 4.90 Å². The molecule has 2 aromatic rings. The Kier molecular flexibility index (Phi) is 5.34.